The number of likely N-dealkylation sites (N-methyl/N-ethyl adjacent to an activating group) is 1. The van der Waals surface area contributed by atoms with Crippen LogP contribution in [0.25, 0.3) is 0 Å². The van der Waals surface area contributed by atoms with Crippen LogP contribution in [-0.4, -0.2) is 79.0 Å². The molecule has 8 rings (SSSR count). The Morgan fingerprint density at radius 3 is 2.66 bits per heavy atom. The van der Waals surface area contributed by atoms with E-state index in [0.717, 1.165) is 19.3 Å². The predicted octanol–water partition coefficient (Wildman–Crippen LogP) is 0.930. The van der Waals surface area contributed by atoms with Gasteiger partial charge < -0.3 is 29.0 Å². The van der Waals surface area contributed by atoms with Crippen molar-refractivity contribution in [3.05, 3.63) is 0 Å². The maximum atomic E-state index is 13.1. The second kappa shape index (κ2) is 4.70. The first-order valence-electron chi connectivity index (χ1n) is 11.2. The molecule has 11 atom stereocenters. The Morgan fingerprint density at radius 2 is 1.97 bits per heavy atom. The number of nitrogens with zero attached hydrogens (tertiary/aromatic N) is 1. The van der Waals surface area contributed by atoms with Crippen molar-refractivity contribution in [1.82, 2.24) is 4.90 Å². The smallest absolute Gasteiger partial charge is 0.318 e. The van der Waals surface area contributed by atoms with Crippen LogP contribution in [0.3, 0.4) is 0 Å². The third-order valence-electron chi connectivity index (χ3n) is 10.6. The summed E-state index contributed by atoms with van der Waals surface area (Å²) in [5.74, 6) is -1.50. The molecule has 2 bridgehead atoms. The molecule has 8 aliphatic rings. The van der Waals surface area contributed by atoms with Gasteiger partial charge in [-0.1, -0.05) is 6.92 Å². The Balaban J connectivity index is 1.38. The summed E-state index contributed by atoms with van der Waals surface area (Å²) in [5.41, 5.74) is -1.56. The summed E-state index contributed by atoms with van der Waals surface area (Å²) >= 11 is 0. The minimum Gasteiger partial charge on any atom is -0.459 e. The van der Waals surface area contributed by atoms with Gasteiger partial charge in [0.25, 0.3) is 0 Å². The van der Waals surface area contributed by atoms with Crippen LogP contribution in [0.15, 0.2) is 0 Å². The van der Waals surface area contributed by atoms with Crippen molar-refractivity contribution in [3.63, 3.8) is 0 Å². The van der Waals surface area contributed by atoms with Crippen molar-refractivity contribution in [3.8, 4) is 0 Å². The summed E-state index contributed by atoms with van der Waals surface area (Å²) in [4.78, 5) is 15.4. The number of aliphatic hydroxyl groups is 1. The highest BCUT2D eigenvalue weighted by Gasteiger charge is 2.90. The maximum absolute atomic E-state index is 13.1. The molecule has 3 saturated carbocycles. The molecule has 3 aliphatic carbocycles. The molecule has 8 fully saturated rings. The Morgan fingerprint density at radius 1 is 1.17 bits per heavy atom. The number of hydrogen-bond acceptors (Lipinski definition) is 7. The minimum atomic E-state index is -1.41. The fraction of sp³-hybridized carbons (Fsp3) is 0.955. The average molecular weight is 405 g/mol. The Bertz CT molecular complexity index is 822. The first-order valence-corrected chi connectivity index (χ1v) is 11.2. The van der Waals surface area contributed by atoms with E-state index in [1.807, 2.05) is 6.92 Å². The summed E-state index contributed by atoms with van der Waals surface area (Å²) in [6.45, 7) is 5.42. The van der Waals surface area contributed by atoms with Crippen molar-refractivity contribution < 1.29 is 28.8 Å². The third kappa shape index (κ3) is 1.54. The first-order chi connectivity index (χ1) is 13.7. The van der Waals surface area contributed by atoms with Gasteiger partial charge in [-0.3, -0.25) is 4.79 Å². The number of carbonyl (C=O) groups is 1. The molecular weight excluding hydrogens is 374 g/mol. The van der Waals surface area contributed by atoms with Crippen LogP contribution in [0.1, 0.15) is 39.5 Å². The Labute approximate surface area is 171 Å². The van der Waals surface area contributed by atoms with Crippen LogP contribution in [-0.2, 0) is 23.7 Å². The van der Waals surface area contributed by atoms with Crippen LogP contribution in [0.5, 0.6) is 0 Å². The highest BCUT2D eigenvalue weighted by atomic mass is 16.7. The summed E-state index contributed by atoms with van der Waals surface area (Å²) in [6, 6.07) is 0.360. The van der Waals surface area contributed by atoms with Gasteiger partial charge in [-0.2, -0.15) is 0 Å². The quantitative estimate of drug-likeness (QED) is 0.513. The molecule has 1 N–H and O–H groups in total. The lowest BCUT2D eigenvalue weighted by Crippen LogP contribution is -2.76. The molecule has 160 valence electrons. The molecule has 0 aromatic heterocycles. The average Bonchev–Trinajstić information content (AvgIpc) is 3.17. The standard InChI is InChI=1S/C22H31NO6/c1-18-6-5-11-20-7-8-21(25,27-10-20)19(2)14(20)13(28-17(19)24)15-22(11,29-15)16(18)26-9-12(18)23(3)4/h11-16,25H,5-10H2,1-4H3. The van der Waals surface area contributed by atoms with E-state index in [9.17, 15) is 9.90 Å². The topological polar surface area (TPSA) is 80.8 Å². The molecule has 2 spiro atoms. The Kier molecular flexibility index (Phi) is 2.90. The van der Waals surface area contributed by atoms with E-state index in [4.69, 9.17) is 18.9 Å². The second-order valence-electron chi connectivity index (χ2n) is 11.5. The maximum Gasteiger partial charge on any atom is 0.318 e. The Hall–Kier alpha value is -0.730. The SMILES string of the molecule is CN(C)C1COC2C1(C)CCC1C34CCC(O)(OC3)C3(C)C(=O)OC(C5OC521)C43. The predicted molar refractivity (Wildman–Crippen MR) is 99.7 cm³/mol. The van der Waals surface area contributed by atoms with Crippen molar-refractivity contribution in [1.29, 1.82) is 0 Å². The summed E-state index contributed by atoms with van der Waals surface area (Å²) < 4.78 is 25.2. The van der Waals surface area contributed by atoms with Gasteiger partial charge in [0.1, 0.15) is 23.2 Å². The number of carbonyl (C=O) groups excluding carboxylic acids is 1. The lowest BCUT2D eigenvalue weighted by molar-refractivity contribution is -0.376. The second-order valence-corrected chi connectivity index (χ2v) is 11.5. The molecule has 11 unspecified atom stereocenters. The lowest BCUT2D eigenvalue weighted by atomic mass is 9.39. The molecule has 5 saturated heterocycles. The van der Waals surface area contributed by atoms with Crippen molar-refractivity contribution in [2.24, 2.45) is 28.1 Å². The van der Waals surface area contributed by atoms with Gasteiger partial charge in [0, 0.05) is 35.1 Å². The number of rotatable bonds is 1. The zero-order valence-corrected chi connectivity index (χ0v) is 17.6. The van der Waals surface area contributed by atoms with Crippen LogP contribution >= 0.6 is 0 Å². The molecule has 5 heterocycles. The highest BCUT2D eigenvalue weighted by molar-refractivity contribution is 5.82. The molecule has 7 heteroatoms. The molecule has 0 amide bonds. The van der Waals surface area contributed by atoms with Crippen LogP contribution in [0.2, 0.25) is 0 Å². The van der Waals surface area contributed by atoms with E-state index in [-0.39, 0.29) is 52.5 Å². The zero-order valence-electron chi connectivity index (χ0n) is 17.6. The molecule has 0 radical (unpaired) electrons. The van der Waals surface area contributed by atoms with Gasteiger partial charge in [0.05, 0.1) is 19.3 Å². The van der Waals surface area contributed by atoms with Gasteiger partial charge in [0.15, 0.2) is 5.79 Å². The zero-order chi connectivity index (χ0) is 20.2. The van der Waals surface area contributed by atoms with Crippen molar-refractivity contribution in [2.75, 3.05) is 27.3 Å². The van der Waals surface area contributed by atoms with E-state index in [1.165, 1.54) is 0 Å². The highest BCUT2D eigenvalue weighted by Crippen LogP contribution is 2.79. The van der Waals surface area contributed by atoms with Crippen LogP contribution in [0, 0.1) is 28.1 Å². The molecule has 5 aliphatic heterocycles. The fourth-order valence-corrected chi connectivity index (χ4v) is 9.28. The molecule has 29 heavy (non-hydrogen) atoms. The fourth-order valence-electron chi connectivity index (χ4n) is 9.28. The summed E-state index contributed by atoms with van der Waals surface area (Å²) in [5, 5.41) is 11.3. The number of fused-ring (bicyclic) bond motifs is 4. The van der Waals surface area contributed by atoms with Gasteiger partial charge in [-0.25, -0.2) is 0 Å². The van der Waals surface area contributed by atoms with Gasteiger partial charge in [-0.15, -0.1) is 0 Å². The number of ether oxygens (including phenoxy) is 4. The first kappa shape index (κ1) is 17.9. The van der Waals surface area contributed by atoms with E-state index in [1.54, 1.807) is 0 Å². The molecular formula is C22H31NO6. The van der Waals surface area contributed by atoms with E-state index in [0.29, 0.717) is 25.7 Å². The van der Waals surface area contributed by atoms with Crippen molar-refractivity contribution >= 4 is 5.97 Å². The van der Waals surface area contributed by atoms with E-state index in [2.05, 4.69) is 25.9 Å². The number of hydrogen-bond donors (Lipinski definition) is 1. The van der Waals surface area contributed by atoms with Crippen LogP contribution in [0.4, 0.5) is 0 Å². The number of epoxide rings is 1. The summed E-state index contributed by atoms with van der Waals surface area (Å²) in [6.07, 6.45) is 3.06. The largest absolute Gasteiger partial charge is 0.459 e. The molecule has 0 aromatic rings. The third-order valence-corrected chi connectivity index (χ3v) is 10.6. The van der Waals surface area contributed by atoms with E-state index >= 15 is 0 Å². The van der Waals surface area contributed by atoms with E-state index < -0.39 is 11.2 Å². The van der Waals surface area contributed by atoms with Crippen LogP contribution < -0.4 is 0 Å². The van der Waals surface area contributed by atoms with Gasteiger partial charge in [-0.05, 0) is 40.3 Å². The van der Waals surface area contributed by atoms with Crippen molar-refractivity contribution in [2.45, 2.75) is 75.3 Å². The van der Waals surface area contributed by atoms with Gasteiger partial charge in [0.2, 0.25) is 0 Å². The minimum absolute atomic E-state index is 0.00905. The number of esters is 1. The normalized spacial score (nSPS) is 66.2. The monoisotopic (exact) mass is 405 g/mol. The van der Waals surface area contributed by atoms with Gasteiger partial charge >= 0.3 is 5.97 Å². The summed E-state index contributed by atoms with van der Waals surface area (Å²) in [7, 11) is 4.26. The molecule has 0 aromatic carbocycles. The lowest BCUT2D eigenvalue weighted by Gasteiger charge is -2.67. The molecule has 7 nitrogen and oxygen atoms in total.